The normalized spacial score (nSPS) is 17.8. The molecule has 1 aliphatic carbocycles. The molecular weight excluding hydrogens is 172 g/mol. The van der Waals surface area contributed by atoms with E-state index in [1.54, 1.807) is 0 Å². The summed E-state index contributed by atoms with van der Waals surface area (Å²) in [6, 6.07) is 0. The molecule has 66 valence electrons. The zero-order valence-electron chi connectivity index (χ0n) is 7.02. The minimum atomic E-state index is 0.491. The lowest BCUT2D eigenvalue weighted by Crippen LogP contribution is -2.13. The summed E-state index contributed by atoms with van der Waals surface area (Å²) in [6.45, 7) is 0. The molecule has 0 atom stereocenters. The third kappa shape index (κ3) is 1.63. The lowest BCUT2D eigenvalue weighted by molar-refractivity contribution is 0.312. The third-order valence-corrected chi connectivity index (χ3v) is 2.79. The quantitative estimate of drug-likeness (QED) is 0.719. The van der Waals surface area contributed by atoms with Gasteiger partial charge in [0.1, 0.15) is 5.82 Å². The second kappa shape index (κ2) is 3.48. The second-order valence-corrected chi connectivity index (χ2v) is 3.76. The summed E-state index contributed by atoms with van der Waals surface area (Å²) in [6.07, 6.45) is 7.24. The highest BCUT2D eigenvalue weighted by Gasteiger charge is 2.18. The summed E-state index contributed by atoms with van der Waals surface area (Å²) in [7, 11) is 0. The van der Waals surface area contributed by atoms with Gasteiger partial charge in [-0.2, -0.15) is 0 Å². The van der Waals surface area contributed by atoms with Gasteiger partial charge in [0, 0.05) is 11.9 Å². The highest BCUT2D eigenvalue weighted by atomic mass is 35.5. The number of imidazole rings is 1. The summed E-state index contributed by atoms with van der Waals surface area (Å²) in [5, 5.41) is 0. The van der Waals surface area contributed by atoms with Crippen molar-refractivity contribution in [3.63, 3.8) is 0 Å². The fourth-order valence-corrected chi connectivity index (χ4v) is 1.72. The van der Waals surface area contributed by atoms with E-state index in [0.29, 0.717) is 5.88 Å². The number of hydrogen-bond donors (Lipinski definition) is 1. The number of aromatic nitrogens is 2. The zero-order valence-corrected chi connectivity index (χ0v) is 7.77. The molecule has 1 N–H and O–H groups in total. The molecule has 0 bridgehead atoms. The predicted molar refractivity (Wildman–Crippen MR) is 49.2 cm³/mol. The van der Waals surface area contributed by atoms with Gasteiger partial charge >= 0.3 is 0 Å². The van der Waals surface area contributed by atoms with Gasteiger partial charge < -0.3 is 4.98 Å². The van der Waals surface area contributed by atoms with Crippen LogP contribution in [-0.2, 0) is 12.3 Å². The molecule has 0 unspecified atom stereocenters. The number of hydrogen-bond acceptors (Lipinski definition) is 1. The van der Waals surface area contributed by atoms with Crippen LogP contribution >= 0.6 is 11.6 Å². The summed E-state index contributed by atoms with van der Waals surface area (Å²) in [5.74, 6) is 2.28. The molecule has 1 fully saturated rings. The Hall–Kier alpha value is -0.500. The van der Waals surface area contributed by atoms with E-state index in [-0.39, 0.29) is 0 Å². The number of nitrogens with one attached hydrogen (secondary N) is 1. The topological polar surface area (TPSA) is 28.7 Å². The molecule has 0 aromatic carbocycles. The Morgan fingerprint density at radius 1 is 1.58 bits per heavy atom. The number of nitrogens with zero attached hydrogens (tertiary/aromatic N) is 1. The van der Waals surface area contributed by atoms with E-state index < -0.39 is 0 Å². The summed E-state index contributed by atoms with van der Waals surface area (Å²) < 4.78 is 0. The van der Waals surface area contributed by atoms with E-state index in [1.807, 2.05) is 6.20 Å². The van der Waals surface area contributed by atoms with Crippen LogP contribution in [0.4, 0.5) is 0 Å². The highest BCUT2D eigenvalue weighted by Crippen LogP contribution is 2.29. The lowest BCUT2D eigenvalue weighted by atomic mass is 9.82. The van der Waals surface area contributed by atoms with Crippen molar-refractivity contribution >= 4 is 11.6 Å². The minimum absolute atomic E-state index is 0.491. The summed E-state index contributed by atoms with van der Waals surface area (Å²) in [5.41, 5.74) is 1.25. The summed E-state index contributed by atoms with van der Waals surface area (Å²) in [4.78, 5) is 7.38. The van der Waals surface area contributed by atoms with E-state index in [2.05, 4.69) is 9.97 Å². The van der Waals surface area contributed by atoms with Crippen molar-refractivity contribution in [1.82, 2.24) is 9.97 Å². The number of H-pyrrole nitrogens is 1. The van der Waals surface area contributed by atoms with E-state index >= 15 is 0 Å². The first-order valence-electron chi connectivity index (χ1n) is 4.47. The van der Waals surface area contributed by atoms with Gasteiger partial charge in [0.05, 0.1) is 5.88 Å². The average Bonchev–Trinajstić information content (AvgIpc) is 2.44. The van der Waals surface area contributed by atoms with Gasteiger partial charge in [-0.05, 0) is 12.3 Å². The Labute approximate surface area is 77.3 Å². The van der Waals surface area contributed by atoms with E-state index in [4.69, 9.17) is 11.6 Å². The van der Waals surface area contributed by atoms with Crippen molar-refractivity contribution in [3.8, 4) is 0 Å². The number of aromatic amines is 1. The van der Waals surface area contributed by atoms with E-state index in [9.17, 15) is 0 Å². The molecule has 0 saturated heterocycles. The summed E-state index contributed by atoms with van der Waals surface area (Å²) >= 11 is 5.63. The van der Waals surface area contributed by atoms with Crippen molar-refractivity contribution in [1.29, 1.82) is 0 Å². The Morgan fingerprint density at radius 2 is 2.42 bits per heavy atom. The van der Waals surface area contributed by atoms with Gasteiger partial charge in [-0.15, -0.1) is 11.6 Å². The van der Waals surface area contributed by atoms with Crippen LogP contribution in [-0.4, -0.2) is 9.97 Å². The maximum absolute atomic E-state index is 5.63. The van der Waals surface area contributed by atoms with Gasteiger partial charge in [0.2, 0.25) is 0 Å². The molecule has 2 nitrogen and oxygen atoms in total. The minimum Gasteiger partial charge on any atom is -0.345 e. The van der Waals surface area contributed by atoms with Crippen LogP contribution in [0.25, 0.3) is 0 Å². The third-order valence-electron chi connectivity index (χ3n) is 2.54. The molecule has 0 radical (unpaired) electrons. The Balaban J connectivity index is 1.93. The standard InChI is InChI=1S/C9H13ClN2/c10-5-9-11-6-8(12-9)4-7-2-1-3-7/h6-7H,1-5H2,(H,11,12). The first kappa shape index (κ1) is 8.11. The maximum Gasteiger partial charge on any atom is 0.121 e. The van der Waals surface area contributed by atoms with E-state index in [1.165, 1.54) is 25.0 Å². The molecule has 0 amide bonds. The smallest absolute Gasteiger partial charge is 0.121 e. The predicted octanol–water partition coefficient (Wildman–Crippen LogP) is 2.49. The molecule has 0 spiro atoms. The Kier molecular flexibility index (Phi) is 2.35. The SMILES string of the molecule is ClCc1ncc(CC2CCC2)[nH]1. The van der Waals surface area contributed by atoms with Gasteiger partial charge in [0.15, 0.2) is 0 Å². The van der Waals surface area contributed by atoms with Gasteiger partial charge in [-0.25, -0.2) is 4.98 Å². The van der Waals surface area contributed by atoms with Crippen molar-refractivity contribution in [2.75, 3.05) is 0 Å². The Morgan fingerprint density at radius 3 is 2.92 bits per heavy atom. The molecule has 1 saturated carbocycles. The molecule has 0 aliphatic heterocycles. The molecule has 12 heavy (non-hydrogen) atoms. The number of halogens is 1. The van der Waals surface area contributed by atoms with Crippen LogP contribution in [0.3, 0.4) is 0 Å². The lowest BCUT2D eigenvalue weighted by Gasteiger charge is -2.24. The molecular formula is C9H13ClN2. The molecule has 2 rings (SSSR count). The van der Waals surface area contributed by atoms with Gasteiger partial charge in [-0.3, -0.25) is 0 Å². The maximum atomic E-state index is 5.63. The number of rotatable bonds is 3. The fourth-order valence-electron chi connectivity index (χ4n) is 1.59. The largest absolute Gasteiger partial charge is 0.345 e. The van der Waals surface area contributed by atoms with Crippen molar-refractivity contribution in [2.24, 2.45) is 5.92 Å². The molecule has 1 aliphatic rings. The van der Waals surface area contributed by atoms with Crippen LogP contribution in [0.15, 0.2) is 6.20 Å². The first-order chi connectivity index (χ1) is 5.88. The molecule has 1 heterocycles. The van der Waals surface area contributed by atoms with Crippen LogP contribution in [0.2, 0.25) is 0 Å². The fraction of sp³-hybridized carbons (Fsp3) is 0.667. The zero-order chi connectivity index (χ0) is 8.39. The van der Waals surface area contributed by atoms with Crippen LogP contribution in [0, 0.1) is 5.92 Å². The molecule has 3 heteroatoms. The molecule has 1 aromatic heterocycles. The van der Waals surface area contributed by atoms with Crippen LogP contribution < -0.4 is 0 Å². The van der Waals surface area contributed by atoms with Crippen molar-refractivity contribution in [2.45, 2.75) is 31.6 Å². The van der Waals surface area contributed by atoms with Crippen molar-refractivity contribution in [3.05, 3.63) is 17.7 Å². The highest BCUT2D eigenvalue weighted by molar-refractivity contribution is 6.16. The van der Waals surface area contributed by atoms with Crippen LogP contribution in [0.1, 0.15) is 30.8 Å². The number of alkyl halides is 1. The first-order valence-corrected chi connectivity index (χ1v) is 5.00. The average molecular weight is 185 g/mol. The van der Waals surface area contributed by atoms with Crippen molar-refractivity contribution < 1.29 is 0 Å². The Bertz CT molecular complexity index is 253. The van der Waals surface area contributed by atoms with Crippen LogP contribution in [0.5, 0.6) is 0 Å². The van der Waals surface area contributed by atoms with Gasteiger partial charge in [0.25, 0.3) is 0 Å². The second-order valence-electron chi connectivity index (χ2n) is 3.49. The monoisotopic (exact) mass is 184 g/mol. The van der Waals surface area contributed by atoms with Gasteiger partial charge in [-0.1, -0.05) is 19.3 Å². The van der Waals surface area contributed by atoms with E-state index in [0.717, 1.165) is 18.2 Å². The molecule has 1 aromatic rings.